The summed E-state index contributed by atoms with van der Waals surface area (Å²) in [5.74, 6) is 0.680. The van der Waals surface area contributed by atoms with Crippen molar-refractivity contribution in [1.82, 2.24) is 0 Å². The lowest BCUT2D eigenvalue weighted by atomic mass is 10.2. The highest BCUT2D eigenvalue weighted by atomic mass is 127. The second-order valence-electron chi connectivity index (χ2n) is 5.57. The molecule has 1 amide bonds. The number of amides is 1. The highest BCUT2D eigenvalue weighted by Crippen LogP contribution is 2.17. The molecule has 0 saturated heterocycles. The molecule has 0 aliphatic carbocycles. The molecule has 4 heteroatoms. The molecule has 0 aliphatic heterocycles. The number of benzene rings is 3. The first-order valence-electron chi connectivity index (χ1n) is 8.04. The second kappa shape index (κ2) is 8.67. The second-order valence-corrected chi connectivity index (χ2v) is 6.82. The minimum absolute atomic E-state index is 0.115. The number of carbonyl (C=O) groups excluding carboxylic acids is 1. The van der Waals surface area contributed by atoms with Gasteiger partial charge in [0.1, 0.15) is 5.75 Å². The number of hydrogen-bond donors (Lipinski definition) is 1. The van der Waals surface area contributed by atoms with E-state index in [4.69, 9.17) is 4.74 Å². The average Bonchev–Trinajstić information content (AvgIpc) is 2.64. The zero-order chi connectivity index (χ0) is 17.5. The summed E-state index contributed by atoms with van der Waals surface area (Å²) in [6, 6.07) is 25.2. The van der Waals surface area contributed by atoms with E-state index in [9.17, 15) is 4.79 Å². The Morgan fingerprint density at radius 2 is 1.68 bits per heavy atom. The summed E-state index contributed by atoms with van der Waals surface area (Å²) < 4.78 is 6.79. The lowest BCUT2D eigenvalue weighted by molar-refractivity contribution is 0.102. The highest BCUT2D eigenvalue weighted by molar-refractivity contribution is 14.1. The van der Waals surface area contributed by atoms with Gasteiger partial charge >= 0.3 is 0 Å². The smallest absolute Gasteiger partial charge is 0.255 e. The maximum absolute atomic E-state index is 12.2. The van der Waals surface area contributed by atoms with Gasteiger partial charge in [0.25, 0.3) is 5.91 Å². The number of ether oxygens (including phenoxy) is 1. The lowest BCUT2D eigenvalue weighted by Gasteiger charge is -2.09. The summed E-state index contributed by atoms with van der Waals surface area (Å²) >= 11 is 2.19. The van der Waals surface area contributed by atoms with Gasteiger partial charge in [0.05, 0.1) is 6.61 Å². The Morgan fingerprint density at radius 3 is 2.40 bits per heavy atom. The van der Waals surface area contributed by atoms with Crippen LogP contribution < -0.4 is 10.1 Å². The average molecular weight is 443 g/mol. The standard InChI is InChI=1S/C21H18INO2/c22-18-8-4-7-17(15-18)21(24)23-19-9-11-20(12-10-19)25-14-13-16-5-2-1-3-6-16/h1-12,15H,13-14H2,(H,23,24). The van der Waals surface area contributed by atoms with Crippen molar-refractivity contribution in [2.24, 2.45) is 0 Å². The Bertz CT molecular complexity index is 832. The predicted octanol–water partition coefficient (Wildman–Crippen LogP) is 5.17. The molecule has 0 fully saturated rings. The normalized spacial score (nSPS) is 10.3. The summed E-state index contributed by atoms with van der Waals surface area (Å²) in [7, 11) is 0. The van der Waals surface area contributed by atoms with Crippen molar-refractivity contribution in [1.29, 1.82) is 0 Å². The largest absolute Gasteiger partial charge is 0.493 e. The van der Waals surface area contributed by atoms with Crippen molar-refractivity contribution in [2.45, 2.75) is 6.42 Å². The Morgan fingerprint density at radius 1 is 0.920 bits per heavy atom. The first-order chi connectivity index (χ1) is 12.2. The topological polar surface area (TPSA) is 38.3 Å². The molecule has 3 rings (SSSR count). The van der Waals surface area contributed by atoms with E-state index in [2.05, 4.69) is 40.0 Å². The van der Waals surface area contributed by atoms with Crippen LogP contribution in [0, 0.1) is 3.57 Å². The third-order valence-corrected chi connectivity index (χ3v) is 4.37. The van der Waals surface area contributed by atoms with Gasteiger partial charge in [0, 0.05) is 21.2 Å². The monoisotopic (exact) mass is 443 g/mol. The zero-order valence-corrected chi connectivity index (χ0v) is 15.8. The number of nitrogens with one attached hydrogen (secondary N) is 1. The molecule has 3 nitrogen and oxygen atoms in total. The summed E-state index contributed by atoms with van der Waals surface area (Å²) in [6.07, 6.45) is 0.867. The van der Waals surface area contributed by atoms with Crippen LogP contribution in [-0.2, 0) is 6.42 Å². The number of rotatable bonds is 6. The highest BCUT2D eigenvalue weighted by Gasteiger charge is 2.06. The van der Waals surface area contributed by atoms with Gasteiger partial charge in [0.15, 0.2) is 0 Å². The van der Waals surface area contributed by atoms with Gasteiger partial charge in [-0.3, -0.25) is 4.79 Å². The maximum Gasteiger partial charge on any atom is 0.255 e. The molecule has 0 radical (unpaired) electrons. The molecule has 1 N–H and O–H groups in total. The number of anilines is 1. The van der Waals surface area contributed by atoms with E-state index in [1.54, 1.807) is 6.07 Å². The molecule has 0 saturated carbocycles. The molecule has 25 heavy (non-hydrogen) atoms. The molecular weight excluding hydrogens is 425 g/mol. The van der Waals surface area contributed by atoms with Crippen LogP contribution in [-0.4, -0.2) is 12.5 Å². The minimum Gasteiger partial charge on any atom is -0.493 e. The van der Waals surface area contributed by atoms with Crippen LogP contribution >= 0.6 is 22.6 Å². The number of carbonyl (C=O) groups is 1. The van der Waals surface area contributed by atoms with Crippen LogP contribution in [0.1, 0.15) is 15.9 Å². The van der Waals surface area contributed by atoms with Gasteiger partial charge in [0.2, 0.25) is 0 Å². The van der Waals surface area contributed by atoms with Crippen molar-refractivity contribution < 1.29 is 9.53 Å². The molecule has 0 aromatic heterocycles. The predicted molar refractivity (Wildman–Crippen MR) is 109 cm³/mol. The van der Waals surface area contributed by atoms with Gasteiger partial charge in [-0.1, -0.05) is 36.4 Å². The van der Waals surface area contributed by atoms with Crippen molar-refractivity contribution in [3.63, 3.8) is 0 Å². The molecule has 0 spiro atoms. The van der Waals surface area contributed by atoms with E-state index < -0.39 is 0 Å². The molecule has 0 unspecified atom stereocenters. The minimum atomic E-state index is -0.115. The summed E-state index contributed by atoms with van der Waals surface area (Å²) in [4.78, 5) is 12.2. The van der Waals surface area contributed by atoms with Gasteiger partial charge in [-0.05, 0) is 70.6 Å². The molecule has 0 bridgehead atoms. The molecule has 126 valence electrons. The van der Waals surface area contributed by atoms with Crippen molar-refractivity contribution in [3.05, 3.63) is 93.6 Å². The van der Waals surface area contributed by atoms with E-state index in [0.29, 0.717) is 12.2 Å². The van der Waals surface area contributed by atoms with Crippen molar-refractivity contribution in [2.75, 3.05) is 11.9 Å². The SMILES string of the molecule is O=C(Nc1ccc(OCCc2ccccc2)cc1)c1cccc(I)c1. The van der Waals surface area contributed by atoms with Gasteiger partial charge in [-0.25, -0.2) is 0 Å². The van der Waals surface area contributed by atoms with Crippen LogP contribution in [0.4, 0.5) is 5.69 Å². The molecule has 0 atom stereocenters. The Kier molecular flexibility index (Phi) is 6.06. The van der Waals surface area contributed by atoms with E-state index in [1.165, 1.54) is 5.56 Å². The first kappa shape index (κ1) is 17.5. The van der Waals surface area contributed by atoms with Crippen molar-refractivity contribution in [3.8, 4) is 5.75 Å². The molecule has 0 aliphatic rings. The Hall–Kier alpha value is -2.34. The van der Waals surface area contributed by atoms with Gasteiger partial charge < -0.3 is 10.1 Å². The van der Waals surface area contributed by atoms with E-state index in [1.807, 2.05) is 60.7 Å². The number of halogens is 1. The van der Waals surface area contributed by atoms with Gasteiger partial charge in [-0.15, -0.1) is 0 Å². The maximum atomic E-state index is 12.2. The summed E-state index contributed by atoms with van der Waals surface area (Å²) in [5.41, 5.74) is 2.65. The van der Waals surface area contributed by atoms with E-state index in [-0.39, 0.29) is 5.91 Å². The summed E-state index contributed by atoms with van der Waals surface area (Å²) in [5, 5.41) is 2.90. The third-order valence-electron chi connectivity index (χ3n) is 3.70. The molecular formula is C21H18INO2. The quantitative estimate of drug-likeness (QED) is 0.535. The molecule has 0 heterocycles. The Labute approximate surface area is 161 Å². The lowest BCUT2D eigenvalue weighted by Crippen LogP contribution is -2.11. The molecule has 3 aromatic rings. The fraction of sp³-hybridized carbons (Fsp3) is 0.0952. The first-order valence-corrected chi connectivity index (χ1v) is 9.12. The third kappa shape index (κ3) is 5.32. The van der Waals surface area contributed by atoms with Crippen molar-refractivity contribution >= 4 is 34.2 Å². The van der Waals surface area contributed by atoms with Crippen LogP contribution in [0.25, 0.3) is 0 Å². The van der Waals surface area contributed by atoms with E-state index in [0.717, 1.165) is 21.4 Å². The van der Waals surface area contributed by atoms with Crippen LogP contribution in [0.3, 0.4) is 0 Å². The number of hydrogen-bond acceptors (Lipinski definition) is 2. The molecule has 3 aromatic carbocycles. The van der Waals surface area contributed by atoms with Crippen LogP contribution in [0.2, 0.25) is 0 Å². The van der Waals surface area contributed by atoms with Crippen LogP contribution in [0.5, 0.6) is 5.75 Å². The van der Waals surface area contributed by atoms with E-state index >= 15 is 0 Å². The zero-order valence-electron chi connectivity index (χ0n) is 13.6. The fourth-order valence-corrected chi connectivity index (χ4v) is 2.94. The summed E-state index contributed by atoms with van der Waals surface area (Å²) in [6.45, 7) is 0.623. The van der Waals surface area contributed by atoms with Gasteiger partial charge in [-0.2, -0.15) is 0 Å². The Balaban J connectivity index is 1.52. The van der Waals surface area contributed by atoms with Crippen LogP contribution in [0.15, 0.2) is 78.9 Å². The fourth-order valence-electron chi connectivity index (χ4n) is 2.40.